The maximum absolute atomic E-state index is 5.43. The van der Waals surface area contributed by atoms with Gasteiger partial charge in [-0.2, -0.15) is 0 Å². The predicted octanol–water partition coefficient (Wildman–Crippen LogP) is 4.44. The first-order chi connectivity index (χ1) is 13.7. The number of halogens is 1. The van der Waals surface area contributed by atoms with Gasteiger partial charge in [0, 0.05) is 32.1 Å². The molecule has 0 unspecified atom stereocenters. The second-order valence-corrected chi connectivity index (χ2v) is 6.56. The molecule has 0 bridgehead atoms. The van der Waals surface area contributed by atoms with E-state index in [-0.39, 0.29) is 24.0 Å². The summed E-state index contributed by atoms with van der Waals surface area (Å²) in [5.41, 5.74) is 3.33. The third-order valence-electron chi connectivity index (χ3n) is 4.83. The number of aryl methyl sites for hydroxylation is 2. The molecule has 1 heterocycles. The lowest BCUT2D eigenvalue weighted by Gasteiger charge is -2.13. The van der Waals surface area contributed by atoms with Crippen molar-refractivity contribution in [1.29, 1.82) is 0 Å². The van der Waals surface area contributed by atoms with Crippen LogP contribution in [0.3, 0.4) is 0 Å². The molecule has 0 aliphatic carbocycles. The highest BCUT2D eigenvalue weighted by atomic mass is 127. The monoisotopic (exact) mass is 508 g/mol. The molecule has 0 saturated heterocycles. The predicted molar refractivity (Wildman–Crippen MR) is 128 cm³/mol. The van der Waals surface area contributed by atoms with Crippen molar-refractivity contribution in [2.24, 2.45) is 4.99 Å². The van der Waals surface area contributed by atoms with Crippen LogP contribution >= 0.6 is 24.0 Å². The molecule has 3 rings (SSSR count). The fourth-order valence-corrected chi connectivity index (χ4v) is 3.23. The second-order valence-electron chi connectivity index (χ2n) is 6.56. The van der Waals surface area contributed by atoms with Crippen molar-refractivity contribution in [1.82, 2.24) is 15.8 Å². The molecule has 1 aromatic heterocycles. The summed E-state index contributed by atoms with van der Waals surface area (Å²) in [5.74, 6) is 2.56. The van der Waals surface area contributed by atoms with Crippen LogP contribution in [0.4, 0.5) is 0 Å². The summed E-state index contributed by atoms with van der Waals surface area (Å²) in [6.45, 7) is 5.49. The number of methoxy groups -OCH3 is 1. The number of benzene rings is 2. The smallest absolute Gasteiger partial charge is 0.191 e. The fourth-order valence-electron chi connectivity index (χ4n) is 3.23. The van der Waals surface area contributed by atoms with Gasteiger partial charge in [0.2, 0.25) is 0 Å². The van der Waals surface area contributed by atoms with Crippen LogP contribution in [0.1, 0.15) is 36.4 Å². The van der Waals surface area contributed by atoms with Crippen LogP contribution in [0.5, 0.6) is 5.75 Å². The topological polar surface area (TPSA) is 71.7 Å². The molecular weight excluding hydrogens is 479 g/mol. The average Bonchev–Trinajstić information content (AvgIpc) is 3.15. The molecule has 3 aromatic rings. The highest BCUT2D eigenvalue weighted by molar-refractivity contribution is 14.0. The number of hydrogen-bond donors (Lipinski definition) is 2. The van der Waals surface area contributed by atoms with E-state index in [1.165, 1.54) is 10.9 Å². The highest BCUT2D eigenvalue weighted by Gasteiger charge is 2.13. The lowest BCUT2D eigenvalue weighted by Crippen LogP contribution is -2.36. The Morgan fingerprint density at radius 1 is 1.03 bits per heavy atom. The molecule has 0 spiro atoms. The zero-order valence-corrected chi connectivity index (χ0v) is 19.7. The molecule has 6 nitrogen and oxygen atoms in total. The molecule has 0 saturated carbocycles. The lowest BCUT2D eigenvalue weighted by molar-refractivity contribution is 0.380. The van der Waals surface area contributed by atoms with Crippen LogP contribution in [0.2, 0.25) is 0 Å². The van der Waals surface area contributed by atoms with Crippen molar-refractivity contribution in [3.05, 3.63) is 59.0 Å². The van der Waals surface area contributed by atoms with Crippen LogP contribution in [0.25, 0.3) is 10.8 Å². The van der Waals surface area contributed by atoms with Crippen molar-refractivity contribution in [3.8, 4) is 5.75 Å². The van der Waals surface area contributed by atoms with Crippen LogP contribution in [0, 0.1) is 0 Å². The number of nitrogens with zero attached hydrogens (tertiary/aromatic N) is 2. The number of fused-ring (bicyclic) bond motifs is 1. The Morgan fingerprint density at radius 2 is 1.76 bits per heavy atom. The fraction of sp³-hybridized carbons (Fsp3) is 0.364. The summed E-state index contributed by atoms with van der Waals surface area (Å²) in [4.78, 5) is 4.33. The summed E-state index contributed by atoms with van der Waals surface area (Å²) < 4.78 is 10.7. The Hall–Kier alpha value is -2.29. The maximum atomic E-state index is 5.43. The van der Waals surface area contributed by atoms with Gasteiger partial charge in [0.1, 0.15) is 11.5 Å². The van der Waals surface area contributed by atoms with Gasteiger partial charge in [-0.1, -0.05) is 37.2 Å². The number of aromatic nitrogens is 1. The first kappa shape index (κ1) is 23.0. The molecule has 0 radical (unpaired) electrons. The van der Waals surface area contributed by atoms with E-state index in [1.54, 1.807) is 14.2 Å². The minimum absolute atomic E-state index is 0. The second kappa shape index (κ2) is 11.0. The van der Waals surface area contributed by atoms with Crippen molar-refractivity contribution in [2.45, 2.75) is 39.8 Å². The lowest BCUT2D eigenvalue weighted by atomic mass is 10.1. The van der Waals surface area contributed by atoms with E-state index in [9.17, 15) is 0 Å². The molecule has 0 aliphatic rings. The van der Waals surface area contributed by atoms with E-state index >= 15 is 0 Å². The Kier molecular flexibility index (Phi) is 8.75. The van der Waals surface area contributed by atoms with Crippen molar-refractivity contribution in [2.75, 3.05) is 14.2 Å². The molecule has 2 aromatic carbocycles. The van der Waals surface area contributed by atoms with Crippen molar-refractivity contribution >= 4 is 40.7 Å². The van der Waals surface area contributed by atoms with Gasteiger partial charge in [-0.25, -0.2) is 0 Å². The normalized spacial score (nSPS) is 11.2. The Balaban J connectivity index is 0.00000300. The summed E-state index contributed by atoms with van der Waals surface area (Å²) in [5, 5.41) is 13.3. The zero-order valence-electron chi connectivity index (χ0n) is 17.4. The minimum atomic E-state index is 0. The molecule has 0 fully saturated rings. The highest BCUT2D eigenvalue weighted by Crippen LogP contribution is 2.22. The largest absolute Gasteiger partial charge is 0.497 e. The standard InChI is InChI=1S/C22H28N4O2.HI/c1-5-20-19(21(6-2)28-26-20)14-25-22(23-3)24-13-15-7-8-17-12-18(27-4)10-9-16(17)11-15;/h7-12H,5-6,13-14H2,1-4H3,(H2,23,24,25);1H. The Labute approximate surface area is 189 Å². The Bertz CT molecular complexity index is 947. The summed E-state index contributed by atoms with van der Waals surface area (Å²) >= 11 is 0. The molecule has 29 heavy (non-hydrogen) atoms. The number of aliphatic imine (C=N–C) groups is 1. The number of hydrogen-bond acceptors (Lipinski definition) is 4. The molecule has 0 aliphatic heterocycles. The van der Waals surface area contributed by atoms with E-state index in [2.05, 4.69) is 58.9 Å². The SMILES string of the molecule is CCc1noc(CC)c1CNC(=NC)NCc1ccc2cc(OC)ccc2c1.I. The van der Waals surface area contributed by atoms with E-state index < -0.39 is 0 Å². The van der Waals surface area contributed by atoms with Gasteiger partial charge in [0.05, 0.1) is 12.8 Å². The van der Waals surface area contributed by atoms with Crippen molar-refractivity contribution < 1.29 is 9.26 Å². The number of guanidine groups is 1. The first-order valence-corrected chi connectivity index (χ1v) is 9.66. The number of ether oxygens (including phenoxy) is 1. The maximum Gasteiger partial charge on any atom is 0.191 e. The Morgan fingerprint density at radius 3 is 2.45 bits per heavy atom. The van der Waals surface area contributed by atoms with E-state index in [0.29, 0.717) is 13.1 Å². The van der Waals surface area contributed by atoms with Crippen LogP contribution in [-0.4, -0.2) is 25.3 Å². The van der Waals surface area contributed by atoms with Gasteiger partial charge >= 0.3 is 0 Å². The van der Waals surface area contributed by atoms with Crippen LogP contribution in [-0.2, 0) is 25.9 Å². The zero-order chi connectivity index (χ0) is 19.9. The first-order valence-electron chi connectivity index (χ1n) is 9.66. The average molecular weight is 508 g/mol. The summed E-state index contributed by atoms with van der Waals surface area (Å²) in [6, 6.07) is 12.5. The van der Waals surface area contributed by atoms with Crippen LogP contribution in [0.15, 0.2) is 45.9 Å². The third kappa shape index (κ3) is 5.62. The molecule has 156 valence electrons. The molecule has 0 amide bonds. The van der Waals surface area contributed by atoms with E-state index in [0.717, 1.165) is 47.0 Å². The number of nitrogens with one attached hydrogen (secondary N) is 2. The molecular formula is C22H29IN4O2. The number of rotatable bonds is 7. The van der Waals surface area contributed by atoms with Gasteiger partial charge in [-0.05, 0) is 41.0 Å². The van der Waals surface area contributed by atoms with E-state index in [4.69, 9.17) is 9.26 Å². The van der Waals surface area contributed by atoms with E-state index in [1.807, 2.05) is 12.1 Å². The van der Waals surface area contributed by atoms with Gasteiger partial charge in [-0.15, -0.1) is 24.0 Å². The van der Waals surface area contributed by atoms with Gasteiger partial charge in [0.15, 0.2) is 5.96 Å². The summed E-state index contributed by atoms with van der Waals surface area (Å²) in [7, 11) is 3.46. The third-order valence-corrected chi connectivity index (χ3v) is 4.83. The minimum Gasteiger partial charge on any atom is -0.497 e. The van der Waals surface area contributed by atoms with Crippen molar-refractivity contribution in [3.63, 3.8) is 0 Å². The molecule has 7 heteroatoms. The van der Waals surface area contributed by atoms with Crippen LogP contribution < -0.4 is 15.4 Å². The molecule has 2 N–H and O–H groups in total. The van der Waals surface area contributed by atoms with Gasteiger partial charge in [-0.3, -0.25) is 4.99 Å². The summed E-state index contributed by atoms with van der Waals surface area (Å²) in [6.07, 6.45) is 1.69. The molecule has 0 atom stereocenters. The van der Waals surface area contributed by atoms with Gasteiger partial charge in [0.25, 0.3) is 0 Å². The van der Waals surface area contributed by atoms with Gasteiger partial charge < -0.3 is 19.9 Å². The quantitative estimate of drug-likeness (QED) is 0.281.